The molecule has 0 aliphatic carbocycles. The lowest BCUT2D eigenvalue weighted by Gasteiger charge is -2.22. The highest BCUT2D eigenvalue weighted by atomic mass is 35.5. The van der Waals surface area contributed by atoms with Gasteiger partial charge in [-0.1, -0.05) is 11.6 Å². The number of hydrogen-bond acceptors (Lipinski definition) is 4. The maximum Gasteiger partial charge on any atom is 0.234 e. The average molecular weight is 210 g/mol. The highest BCUT2D eigenvalue weighted by Gasteiger charge is 2.17. The Morgan fingerprint density at radius 3 is 2.77 bits per heavy atom. The third kappa shape index (κ3) is 3.65. The number of morpholine rings is 1. The molecule has 0 bridgehead atoms. The fourth-order valence-corrected chi connectivity index (χ4v) is 0.917. The van der Waals surface area contributed by atoms with Gasteiger partial charge in [-0.2, -0.15) is 0 Å². The van der Waals surface area contributed by atoms with Gasteiger partial charge < -0.3 is 14.8 Å². The number of rotatable bonds is 3. The van der Waals surface area contributed by atoms with E-state index in [-0.39, 0.29) is 0 Å². The Labute approximate surface area is 81.2 Å². The minimum Gasteiger partial charge on any atom is -0.569 e. The van der Waals surface area contributed by atoms with Crippen molar-refractivity contribution in [2.75, 3.05) is 26.3 Å². The normalized spacial score (nSPS) is 21.4. The second-order valence-electron chi connectivity index (χ2n) is 2.55. The first-order valence-corrected chi connectivity index (χ1v) is 4.44. The molecule has 1 aliphatic rings. The van der Waals surface area contributed by atoms with Gasteiger partial charge in [-0.15, -0.1) is 5.01 Å². The van der Waals surface area contributed by atoms with Gasteiger partial charge in [0.2, 0.25) is 10.8 Å². The van der Waals surface area contributed by atoms with Crippen molar-refractivity contribution in [1.29, 1.82) is 0 Å². The largest absolute Gasteiger partial charge is 0.569 e. The quantitative estimate of drug-likeness (QED) is 0.297. The van der Waals surface area contributed by atoms with Crippen LogP contribution in [0.15, 0.2) is 5.28 Å². The fourth-order valence-electron chi connectivity index (χ4n) is 0.882. The summed E-state index contributed by atoms with van der Waals surface area (Å²) in [7, 11) is 0. The molecule has 6 nitrogen and oxygen atoms in total. The number of alkyl halides is 1. The van der Waals surface area contributed by atoms with E-state index in [9.17, 15) is 5.21 Å². The third-order valence-electron chi connectivity index (χ3n) is 1.49. The van der Waals surface area contributed by atoms with E-state index in [1.807, 2.05) is 0 Å². The first-order valence-electron chi connectivity index (χ1n) is 4.01. The molecule has 0 saturated carbocycles. The number of halogens is 1. The molecule has 7 heteroatoms. The Morgan fingerprint density at radius 2 is 2.23 bits per heavy atom. The van der Waals surface area contributed by atoms with Crippen LogP contribution in [0.25, 0.3) is 0 Å². The zero-order valence-electron chi connectivity index (χ0n) is 7.35. The van der Waals surface area contributed by atoms with E-state index in [2.05, 4.69) is 10.1 Å². The van der Waals surface area contributed by atoms with E-state index < -0.39 is 5.56 Å². The molecular formula is C6H12ClN3O3. The third-order valence-corrected chi connectivity index (χ3v) is 1.57. The topological polar surface area (TPSA) is 60.1 Å². The van der Waals surface area contributed by atoms with Crippen LogP contribution in [-0.4, -0.2) is 41.8 Å². The average Bonchev–Trinajstić information content (AvgIpc) is 2.15. The molecule has 1 atom stereocenters. The van der Waals surface area contributed by atoms with Gasteiger partial charge in [-0.25, -0.2) is 0 Å². The Balaban J connectivity index is 2.35. The molecule has 0 radical (unpaired) electrons. The van der Waals surface area contributed by atoms with Crippen LogP contribution in [0, 0.1) is 5.21 Å². The van der Waals surface area contributed by atoms with E-state index in [1.165, 1.54) is 5.01 Å². The van der Waals surface area contributed by atoms with E-state index in [1.54, 1.807) is 6.92 Å². The molecule has 1 aliphatic heterocycles. The summed E-state index contributed by atoms with van der Waals surface area (Å²) in [6, 6.07) is 0. The van der Waals surface area contributed by atoms with Crippen LogP contribution in [0.1, 0.15) is 6.92 Å². The maximum atomic E-state index is 11.1. The van der Waals surface area contributed by atoms with Crippen LogP contribution in [0.4, 0.5) is 0 Å². The zero-order valence-corrected chi connectivity index (χ0v) is 8.11. The second kappa shape index (κ2) is 5.08. The molecule has 1 rings (SSSR count). The van der Waals surface area contributed by atoms with Crippen LogP contribution < -0.4 is 0 Å². The summed E-state index contributed by atoms with van der Waals surface area (Å²) in [6.45, 7) is 3.69. The van der Waals surface area contributed by atoms with E-state index in [4.69, 9.17) is 16.3 Å². The molecule has 0 aromatic rings. The fraction of sp³-hybridized carbons (Fsp3) is 1.00. The van der Waals surface area contributed by atoms with E-state index in [0.717, 1.165) is 0 Å². The minimum atomic E-state index is -0.600. The molecule has 0 N–H and O–H groups in total. The van der Waals surface area contributed by atoms with Crippen LogP contribution in [0.2, 0.25) is 0 Å². The molecule has 1 heterocycles. The molecule has 76 valence electrons. The molecule has 1 saturated heterocycles. The van der Waals surface area contributed by atoms with Gasteiger partial charge >= 0.3 is 0 Å². The highest BCUT2D eigenvalue weighted by Crippen LogP contribution is 2.00. The predicted molar refractivity (Wildman–Crippen MR) is 44.8 cm³/mol. The zero-order chi connectivity index (χ0) is 9.68. The summed E-state index contributed by atoms with van der Waals surface area (Å²) in [4.78, 5) is 4.98. The first-order chi connectivity index (χ1) is 6.20. The molecule has 1 fully saturated rings. The van der Waals surface area contributed by atoms with Gasteiger partial charge in [-0.05, 0) is 6.92 Å². The maximum absolute atomic E-state index is 11.1. The Bertz CT molecular complexity index is 182. The van der Waals surface area contributed by atoms with Gasteiger partial charge in [-0.3, -0.25) is 0 Å². The Morgan fingerprint density at radius 1 is 1.62 bits per heavy atom. The van der Waals surface area contributed by atoms with Gasteiger partial charge in [0.1, 0.15) is 13.1 Å². The summed E-state index contributed by atoms with van der Waals surface area (Å²) < 4.78 is 5.06. The number of hydrazine groups is 1. The number of hydrogen-bond donors (Lipinski definition) is 0. The minimum absolute atomic E-state index is 0.404. The van der Waals surface area contributed by atoms with Crippen molar-refractivity contribution in [3.05, 3.63) is 5.21 Å². The van der Waals surface area contributed by atoms with Gasteiger partial charge in [0.15, 0.2) is 0 Å². The molecule has 0 aromatic carbocycles. The number of nitrogens with zero attached hydrogens (tertiary/aromatic N) is 3. The molecule has 13 heavy (non-hydrogen) atoms. The lowest BCUT2D eigenvalue weighted by atomic mass is 10.5. The Hall–Kier alpha value is -0.750. The highest BCUT2D eigenvalue weighted by molar-refractivity contribution is 6.19. The van der Waals surface area contributed by atoms with Gasteiger partial charge in [0.05, 0.1) is 18.2 Å². The summed E-state index contributed by atoms with van der Waals surface area (Å²) >= 11 is 5.44. The van der Waals surface area contributed by atoms with E-state index >= 15 is 0 Å². The van der Waals surface area contributed by atoms with Crippen molar-refractivity contribution in [1.82, 2.24) is 5.01 Å². The van der Waals surface area contributed by atoms with Crippen molar-refractivity contribution < 1.29 is 14.5 Å². The molecule has 0 amide bonds. The van der Waals surface area contributed by atoms with Crippen molar-refractivity contribution in [2.24, 2.45) is 5.28 Å². The van der Waals surface area contributed by atoms with Crippen LogP contribution in [-0.2, 0) is 9.57 Å². The second-order valence-corrected chi connectivity index (χ2v) is 3.16. The lowest BCUT2D eigenvalue weighted by molar-refractivity contribution is -0.714. The van der Waals surface area contributed by atoms with Crippen LogP contribution in [0.3, 0.4) is 0 Å². The van der Waals surface area contributed by atoms with Crippen molar-refractivity contribution in [3.63, 3.8) is 0 Å². The van der Waals surface area contributed by atoms with Crippen LogP contribution >= 0.6 is 11.6 Å². The summed E-state index contributed by atoms with van der Waals surface area (Å²) in [5, 5.41) is 15.9. The predicted octanol–water partition coefficient (Wildman–Crippen LogP) is 0.713. The van der Waals surface area contributed by atoms with Gasteiger partial charge in [0.25, 0.3) is 0 Å². The van der Waals surface area contributed by atoms with Crippen LogP contribution in [0.5, 0.6) is 0 Å². The lowest BCUT2D eigenvalue weighted by Crippen LogP contribution is -2.40. The summed E-state index contributed by atoms with van der Waals surface area (Å²) in [5.74, 6) is 0. The van der Waals surface area contributed by atoms with Gasteiger partial charge in [0, 0.05) is 0 Å². The van der Waals surface area contributed by atoms with Crippen molar-refractivity contribution in [3.8, 4) is 0 Å². The van der Waals surface area contributed by atoms with Crippen molar-refractivity contribution >= 4 is 11.6 Å². The SMILES string of the molecule is CC(Cl)O/N=[N+](\[O-])N1CCOCC1. The van der Waals surface area contributed by atoms with E-state index in [0.29, 0.717) is 31.3 Å². The monoisotopic (exact) mass is 209 g/mol. The van der Waals surface area contributed by atoms with Crippen molar-refractivity contribution in [2.45, 2.75) is 12.5 Å². The summed E-state index contributed by atoms with van der Waals surface area (Å²) in [5.41, 5.74) is -0.600. The molecular weight excluding hydrogens is 198 g/mol. The first kappa shape index (κ1) is 10.3. The Kier molecular flexibility index (Phi) is 4.04. The molecule has 0 aromatic heterocycles. The summed E-state index contributed by atoms with van der Waals surface area (Å²) in [6.07, 6.45) is 0. The standard InChI is InChI=1S/C6H12ClN3O3/c1-6(7)13-8-10(11)9-2-4-12-5-3-9/h6H,2-5H2,1H3/b10-8-. The molecule has 1 unspecified atom stereocenters. The molecule has 0 spiro atoms. The smallest absolute Gasteiger partial charge is 0.234 e. The number of ether oxygens (including phenoxy) is 1.